The molecule has 3 aromatic rings. The maximum atomic E-state index is 5.76. The summed E-state index contributed by atoms with van der Waals surface area (Å²) in [7, 11) is 0. The van der Waals surface area contributed by atoms with Crippen molar-refractivity contribution in [2.75, 3.05) is 5.73 Å². The van der Waals surface area contributed by atoms with Crippen LogP contribution in [0.5, 0.6) is 0 Å². The van der Waals surface area contributed by atoms with E-state index in [-0.39, 0.29) is 0 Å². The summed E-state index contributed by atoms with van der Waals surface area (Å²) in [6.07, 6.45) is 3.73. The minimum atomic E-state index is 0.705. The fourth-order valence-corrected chi connectivity index (χ4v) is 3.64. The number of nitrogens with zero attached hydrogens (tertiary/aromatic N) is 1. The molecule has 3 nitrogen and oxygen atoms in total. The van der Waals surface area contributed by atoms with Gasteiger partial charge in [0.25, 0.3) is 0 Å². The molecule has 1 aliphatic carbocycles. The van der Waals surface area contributed by atoms with Crippen molar-refractivity contribution in [3.63, 3.8) is 0 Å². The van der Waals surface area contributed by atoms with E-state index < -0.39 is 0 Å². The van der Waals surface area contributed by atoms with E-state index >= 15 is 0 Å². The van der Waals surface area contributed by atoms with Crippen molar-refractivity contribution in [1.29, 1.82) is 0 Å². The molecule has 1 aliphatic rings. The molecule has 0 saturated carbocycles. The molecule has 0 bridgehead atoms. The highest BCUT2D eigenvalue weighted by atomic mass is 32.2. The van der Waals surface area contributed by atoms with Gasteiger partial charge in [-0.1, -0.05) is 6.07 Å². The number of nitrogens with two attached hydrogens (primary N) is 1. The van der Waals surface area contributed by atoms with Gasteiger partial charge in [0.05, 0.1) is 5.75 Å². The number of benzene rings is 2. The molecule has 4 heteroatoms. The van der Waals surface area contributed by atoms with Crippen molar-refractivity contribution < 1.29 is 4.42 Å². The summed E-state index contributed by atoms with van der Waals surface area (Å²) in [5.74, 6) is 1.49. The van der Waals surface area contributed by atoms with Gasteiger partial charge in [-0.15, -0.1) is 11.8 Å². The summed E-state index contributed by atoms with van der Waals surface area (Å²) in [5.41, 5.74) is 11.1. The Balaban J connectivity index is 1.52. The molecule has 4 rings (SSSR count). The second-order valence-corrected chi connectivity index (χ2v) is 6.46. The van der Waals surface area contributed by atoms with Crippen LogP contribution < -0.4 is 5.73 Å². The zero-order valence-corrected chi connectivity index (χ0v) is 12.5. The Kier molecular flexibility index (Phi) is 3.11. The van der Waals surface area contributed by atoms with Gasteiger partial charge in [0.1, 0.15) is 5.52 Å². The molecule has 0 saturated heterocycles. The number of nitrogen functional groups attached to an aromatic ring is 1. The summed E-state index contributed by atoms with van der Waals surface area (Å²) in [6.45, 7) is 0. The second-order valence-electron chi connectivity index (χ2n) is 5.41. The van der Waals surface area contributed by atoms with Crippen molar-refractivity contribution >= 4 is 28.5 Å². The van der Waals surface area contributed by atoms with E-state index in [1.807, 2.05) is 18.2 Å². The van der Waals surface area contributed by atoms with Crippen LogP contribution in [0, 0.1) is 0 Å². The molecule has 0 aliphatic heterocycles. The van der Waals surface area contributed by atoms with Gasteiger partial charge in [0.15, 0.2) is 5.58 Å². The minimum absolute atomic E-state index is 0.705. The van der Waals surface area contributed by atoms with Gasteiger partial charge in [0, 0.05) is 16.6 Å². The number of hydrogen-bond donors (Lipinski definition) is 1. The Morgan fingerprint density at radius 3 is 2.95 bits per heavy atom. The number of anilines is 1. The van der Waals surface area contributed by atoms with Crippen LogP contribution in [0.3, 0.4) is 0 Å². The summed E-state index contributed by atoms with van der Waals surface area (Å²) in [4.78, 5) is 5.79. The van der Waals surface area contributed by atoms with Gasteiger partial charge >= 0.3 is 0 Å². The highest BCUT2D eigenvalue weighted by molar-refractivity contribution is 7.98. The van der Waals surface area contributed by atoms with E-state index in [0.717, 1.165) is 22.7 Å². The van der Waals surface area contributed by atoms with Crippen LogP contribution in [-0.4, -0.2) is 4.98 Å². The van der Waals surface area contributed by atoms with Gasteiger partial charge in [-0.25, -0.2) is 4.98 Å². The van der Waals surface area contributed by atoms with Crippen LogP contribution in [0.4, 0.5) is 5.69 Å². The summed E-state index contributed by atoms with van der Waals surface area (Å²) >= 11 is 1.77. The lowest BCUT2D eigenvalue weighted by Crippen LogP contribution is -1.84. The molecule has 0 amide bonds. The van der Waals surface area contributed by atoms with Gasteiger partial charge in [-0.3, -0.25) is 0 Å². The lowest BCUT2D eigenvalue weighted by molar-refractivity contribution is 0.556. The summed E-state index contributed by atoms with van der Waals surface area (Å²) in [6, 6.07) is 12.4. The van der Waals surface area contributed by atoms with Gasteiger partial charge < -0.3 is 10.2 Å². The van der Waals surface area contributed by atoms with Crippen LogP contribution in [0.1, 0.15) is 23.4 Å². The molecule has 0 atom stereocenters. The van der Waals surface area contributed by atoms with Crippen molar-refractivity contribution in [3.05, 3.63) is 53.4 Å². The SMILES string of the molecule is Nc1ccc2nc(CSc3ccc4c(c3)CCC4)oc2c1. The smallest absolute Gasteiger partial charge is 0.205 e. The number of aryl methyl sites for hydroxylation is 2. The Bertz CT molecular complexity index is 810. The van der Waals surface area contributed by atoms with Crippen molar-refractivity contribution in [1.82, 2.24) is 4.98 Å². The van der Waals surface area contributed by atoms with E-state index in [4.69, 9.17) is 10.2 Å². The standard InChI is InChI=1S/C17H16N2OS/c18-13-5-7-15-16(9-13)20-17(19-15)10-21-14-6-4-11-2-1-3-12(11)8-14/h4-9H,1-3,10,18H2. The van der Waals surface area contributed by atoms with E-state index in [2.05, 4.69) is 23.2 Å². The number of rotatable bonds is 3. The Morgan fingerprint density at radius 1 is 1.10 bits per heavy atom. The number of thioether (sulfide) groups is 1. The van der Waals surface area contributed by atoms with E-state index in [0.29, 0.717) is 5.69 Å². The average Bonchev–Trinajstić information content (AvgIpc) is 3.09. The zero-order valence-electron chi connectivity index (χ0n) is 11.6. The second kappa shape index (κ2) is 5.11. The number of hydrogen-bond acceptors (Lipinski definition) is 4. The van der Waals surface area contributed by atoms with Crippen LogP contribution >= 0.6 is 11.8 Å². The number of oxazole rings is 1. The first-order valence-electron chi connectivity index (χ1n) is 7.17. The fraction of sp³-hybridized carbons (Fsp3) is 0.235. The Morgan fingerprint density at radius 2 is 2.00 bits per heavy atom. The van der Waals surface area contributed by atoms with Gasteiger partial charge in [-0.2, -0.15) is 0 Å². The summed E-state index contributed by atoms with van der Waals surface area (Å²) in [5, 5.41) is 0. The van der Waals surface area contributed by atoms with E-state index in [9.17, 15) is 0 Å². The van der Waals surface area contributed by atoms with E-state index in [1.54, 1.807) is 11.8 Å². The lowest BCUT2D eigenvalue weighted by Gasteiger charge is -2.03. The number of fused-ring (bicyclic) bond motifs is 2. The van der Waals surface area contributed by atoms with Gasteiger partial charge in [-0.05, 0) is 54.7 Å². The third kappa shape index (κ3) is 2.51. The molecule has 0 unspecified atom stereocenters. The third-order valence-electron chi connectivity index (χ3n) is 3.89. The summed E-state index contributed by atoms with van der Waals surface area (Å²) < 4.78 is 5.75. The number of aromatic nitrogens is 1. The third-order valence-corrected chi connectivity index (χ3v) is 4.87. The topological polar surface area (TPSA) is 52.0 Å². The quantitative estimate of drug-likeness (QED) is 0.581. The Hall–Kier alpha value is -1.94. The molecular formula is C17H16N2OS. The highest BCUT2D eigenvalue weighted by Gasteiger charge is 2.12. The predicted octanol–water partition coefficient (Wildman–Crippen LogP) is 4.19. The first kappa shape index (κ1) is 12.8. The molecule has 0 spiro atoms. The van der Waals surface area contributed by atoms with Crippen LogP contribution in [-0.2, 0) is 18.6 Å². The molecule has 1 aromatic heterocycles. The molecule has 106 valence electrons. The van der Waals surface area contributed by atoms with Crippen molar-refractivity contribution in [3.8, 4) is 0 Å². The van der Waals surface area contributed by atoms with Crippen LogP contribution in [0.2, 0.25) is 0 Å². The van der Waals surface area contributed by atoms with Crippen LogP contribution in [0.25, 0.3) is 11.1 Å². The molecule has 0 fully saturated rings. The first-order chi connectivity index (χ1) is 10.3. The average molecular weight is 296 g/mol. The van der Waals surface area contributed by atoms with Crippen molar-refractivity contribution in [2.45, 2.75) is 29.9 Å². The van der Waals surface area contributed by atoms with Crippen LogP contribution in [0.15, 0.2) is 45.7 Å². The van der Waals surface area contributed by atoms with Gasteiger partial charge in [0.2, 0.25) is 5.89 Å². The van der Waals surface area contributed by atoms with Crippen molar-refractivity contribution in [2.24, 2.45) is 0 Å². The molecule has 0 radical (unpaired) electrons. The fourth-order valence-electron chi connectivity index (χ4n) is 2.83. The minimum Gasteiger partial charge on any atom is -0.440 e. The molecule has 21 heavy (non-hydrogen) atoms. The van der Waals surface area contributed by atoms with E-state index in [1.165, 1.54) is 35.3 Å². The lowest BCUT2D eigenvalue weighted by atomic mass is 10.1. The first-order valence-corrected chi connectivity index (χ1v) is 8.16. The molecule has 1 heterocycles. The normalized spacial score (nSPS) is 13.7. The highest BCUT2D eigenvalue weighted by Crippen LogP contribution is 2.30. The molecular weight excluding hydrogens is 280 g/mol. The predicted molar refractivity (Wildman–Crippen MR) is 86.4 cm³/mol. The maximum absolute atomic E-state index is 5.76. The zero-order chi connectivity index (χ0) is 14.2. The largest absolute Gasteiger partial charge is 0.440 e. The molecule has 2 N–H and O–H groups in total. The Labute approximate surface area is 127 Å². The monoisotopic (exact) mass is 296 g/mol. The molecule has 2 aromatic carbocycles. The maximum Gasteiger partial charge on any atom is 0.205 e.